The largest absolute Gasteiger partial charge is 0.469 e. The number of hydrogen-bond acceptors (Lipinski definition) is 3. The van der Waals surface area contributed by atoms with Gasteiger partial charge < -0.3 is 9.64 Å². The summed E-state index contributed by atoms with van der Waals surface area (Å²) >= 11 is 0. The Morgan fingerprint density at radius 3 is 2.93 bits per heavy atom. The van der Waals surface area contributed by atoms with Crippen LogP contribution in [0.4, 0.5) is 0 Å². The first-order valence-corrected chi connectivity index (χ1v) is 5.64. The first-order valence-electron chi connectivity index (χ1n) is 5.64. The molecule has 86 valence electrons. The number of nitrogens with zero attached hydrogens (tertiary/aromatic N) is 1. The molecule has 15 heavy (non-hydrogen) atoms. The Morgan fingerprint density at radius 2 is 2.33 bits per heavy atom. The quantitative estimate of drug-likeness (QED) is 0.525. The molecule has 1 saturated heterocycles. The molecule has 3 heteroatoms. The molecule has 1 aliphatic rings. The Morgan fingerprint density at radius 1 is 1.60 bits per heavy atom. The van der Waals surface area contributed by atoms with E-state index in [9.17, 15) is 4.79 Å². The summed E-state index contributed by atoms with van der Waals surface area (Å²) in [7, 11) is 1.43. The van der Waals surface area contributed by atoms with E-state index >= 15 is 0 Å². The number of methoxy groups -OCH3 is 1. The highest BCUT2D eigenvalue weighted by Gasteiger charge is 2.22. The first-order chi connectivity index (χ1) is 7.17. The van der Waals surface area contributed by atoms with Gasteiger partial charge in [-0.25, -0.2) is 0 Å². The molecule has 1 atom stereocenters. The van der Waals surface area contributed by atoms with E-state index in [0.29, 0.717) is 12.3 Å². The third kappa shape index (κ3) is 3.67. The van der Waals surface area contributed by atoms with Crippen LogP contribution < -0.4 is 0 Å². The Kier molecular flexibility index (Phi) is 4.82. The summed E-state index contributed by atoms with van der Waals surface area (Å²) in [5, 5.41) is 0. The minimum Gasteiger partial charge on any atom is -0.469 e. The van der Waals surface area contributed by atoms with E-state index in [4.69, 9.17) is 0 Å². The van der Waals surface area contributed by atoms with Gasteiger partial charge in [0.05, 0.1) is 13.5 Å². The molecule has 1 aliphatic heterocycles. The van der Waals surface area contributed by atoms with Crippen LogP contribution in [0.5, 0.6) is 0 Å². The van der Waals surface area contributed by atoms with Crippen LogP contribution in [-0.4, -0.2) is 37.6 Å². The van der Waals surface area contributed by atoms with E-state index < -0.39 is 0 Å². The summed E-state index contributed by atoms with van der Waals surface area (Å²) in [4.78, 5) is 13.5. The van der Waals surface area contributed by atoms with Crippen molar-refractivity contribution in [2.45, 2.75) is 26.2 Å². The number of rotatable bonds is 4. The lowest BCUT2D eigenvalue weighted by atomic mass is 9.89. The van der Waals surface area contributed by atoms with Gasteiger partial charge >= 0.3 is 5.97 Å². The molecule has 1 fully saturated rings. The third-order valence-electron chi connectivity index (χ3n) is 3.13. The minimum absolute atomic E-state index is 0.173. The summed E-state index contributed by atoms with van der Waals surface area (Å²) in [6, 6.07) is 0. The third-order valence-corrected chi connectivity index (χ3v) is 3.13. The van der Waals surface area contributed by atoms with Crippen molar-refractivity contribution in [3.63, 3.8) is 0 Å². The topological polar surface area (TPSA) is 29.5 Å². The van der Waals surface area contributed by atoms with Crippen molar-refractivity contribution in [2.24, 2.45) is 5.92 Å². The van der Waals surface area contributed by atoms with E-state index in [-0.39, 0.29) is 5.97 Å². The molecule has 0 saturated carbocycles. The van der Waals surface area contributed by atoms with Crippen molar-refractivity contribution >= 4 is 5.97 Å². The van der Waals surface area contributed by atoms with Crippen molar-refractivity contribution in [3.05, 3.63) is 12.2 Å². The molecule has 0 aromatic rings. The Hall–Kier alpha value is -0.830. The van der Waals surface area contributed by atoms with Gasteiger partial charge in [0.25, 0.3) is 0 Å². The molecule has 0 aromatic heterocycles. The zero-order valence-corrected chi connectivity index (χ0v) is 9.79. The van der Waals surface area contributed by atoms with Gasteiger partial charge in [0.1, 0.15) is 0 Å². The number of carbonyl (C=O) groups excluding carboxylic acids is 1. The van der Waals surface area contributed by atoms with Crippen molar-refractivity contribution in [2.75, 3.05) is 26.7 Å². The van der Waals surface area contributed by atoms with E-state index in [0.717, 1.165) is 25.1 Å². The van der Waals surface area contributed by atoms with Crippen LogP contribution in [0.2, 0.25) is 0 Å². The second-order valence-corrected chi connectivity index (χ2v) is 4.14. The molecular weight excluding hydrogens is 190 g/mol. The van der Waals surface area contributed by atoms with E-state index in [1.807, 2.05) is 0 Å². The molecule has 0 bridgehead atoms. The fourth-order valence-corrected chi connectivity index (χ4v) is 2.08. The predicted molar refractivity (Wildman–Crippen MR) is 60.6 cm³/mol. The molecule has 1 unspecified atom stereocenters. The molecule has 3 nitrogen and oxygen atoms in total. The molecule has 1 heterocycles. The van der Waals surface area contributed by atoms with Gasteiger partial charge in [-0.2, -0.15) is 0 Å². The van der Waals surface area contributed by atoms with Crippen molar-refractivity contribution in [1.29, 1.82) is 0 Å². The maximum Gasteiger partial charge on any atom is 0.309 e. The lowest BCUT2D eigenvalue weighted by Gasteiger charge is -2.32. The summed E-state index contributed by atoms with van der Waals surface area (Å²) in [5.74, 6) is 0.298. The lowest BCUT2D eigenvalue weighted by Crippen LogP contribution is -2.36. The summed E-state index contributed by atoms with van der Waals surface area (Å²) in [6.07, 6.45) is 2.74. The average Bonchev–Trinajstić information content (AvgIpc) is 2.28. The van der Waals surface area contributed by atoms with Crippen LogP contribution in [-0.2, 0) is 9.53 Å². The Bertz CT molecular complexity index is 238. The van der Waals surface area contributed by atoms with Crippen LogP contribution in [0.1, 0.15) is 26.2 Å². The van der Waals surface area contributed by atoms with Gasteiger partial charge in [-0.05, 0) is 31.8 Å². The van der Waals surface area contributed by atoms with Crippen molar-refractivity contribution < 1.29 is 9.53 Å². The van der Waals surface area contributed by atoms with Crippen molar-refractivity contribution in [1.82, 2.24) is 4.90 Å². The van der Waals surface area contributed by atoms with Gasteiger partial charge in [-0.15, -0.1) is 0 Å². The molecule has 0 N–H and O–H groups in total. The minimum atomic E-state index is -0.173. The number of ether oxygens (including phenoxy) is 1. The zero-order chi connectivity index (χ0) is 11.3. The molecule has 0 aromatic carbocycles. The van der Waals surface area contributed by atoms with Gasteiger partial charge in [0.15, 0.2) is 0 Å². The normalized spacial score (nSPS) is 22.4. The molecule has 0 spiro atoms. The molecule has 1 rings (SSSR count). The molecule has 0 radical (unpaired) electrons. The second kappa shape index (κ2) is 5.91. The number of hydrogen-bond donors (Lipinski definition) is 0. The van der Waals surface area contributed by atoms with E-state index in [1.54, 1.807) is 0 Å². The van der Waals surface area contributed by atoms with Gasteiger partial charge in [0, 0.05) is 6.54 Å². The summed E-state index contributed by atoms with van der Waals surface area (Å²) in [6.45, 7) is 9.49. The van der Waals surface area contributed by atoms with Crippen molar-refractivity contribution in [3.8, 4) is 0 Å². The Balaban J connectivity index is 2.41. The van der Waals surface area contributed by atoms with Gasteiger partial charge in [-0.1, -0.05) is 19.1 Å². The van der Waals surface area contributed by atoms with Crippen LogP contribution in [0.25, 0.3) is 0 Å². The van der Waals surface area contributed by atoms with Crippen LogP contribution in [0.3, 0.4) is 0 Å². The van der Waals surface area contributed by atoms with Crippen LogP contribution >= 0.6 is 0 Å². The summed E-state index contributed by atoms with van der Waals surface area (Å²) < 4.78 is 4.65. The fourth-order valence-electron chi connectivity index (χ4n) is 2.08. The Labute approximate surface area is 92.1 Å². The fraction of sp³-hybridized carbons (Fsp3) is 0.750. The van der Waals surface area contributed by atoms with E-state index in [2.05, 4.69) is 23.1 Å². The van der Waals surface area contributed by atoms with Gasteiger partial charge in [0.2, 0.25) is 0 Å². The number of carbonyl (C=O) groups is 1. The standard InChI is InChI=1S/C12H21NO2/c1-4-13-7-5-6-11(9-13)10(2)8-12(14)15-3/h11H,2,4-9H2,1,3H3. The monoisotopic (exact) mass is 211 g/mol. The SMILES string of the molecule is C=C(CC(=O)OC)C1CCCN(CC)C1. The van der Waals surface area contributed by atoms with Gasteiger partial charge in [-0.3, -0.25) is 4.79 Å². The zero-order valence-electron chi connectivity index (χ0n) is 9.79. The highest BCUT2D eigenvalue weighted by molar-refractivity contribution is 5.72. The average molecular weight is 211 g/mol. The second-order valence-electron chi connectivity index (χ2n) is 4.14. The highest BCUT2D eigenvalue weighted by atomic mass is 16.5. The first kappa shape index (κ1) is 12.2. The molecule has 0 aliphatic carbocycles. The predicted octanol–water partition coefficient (Wildman–Crippen LogP) is 1.84. The highest BCUT2D eigenvalue weighted by Crippen LogP contribution is 2.24. The molecule has 0 amide bonds. The summed E-state index contributed by atoms with van der Waals surface area (Å²) in [5.41, 5.74) is 1.03. The van der Waals surface area contributed by atoms with Crippen LogP contribution in [0, 0.1) is 5.92 Å². The number of esters is 1. The lowest BCUT2D eigenvalue weighted by molar-refractivity contribution is -0.139. The number of likely N-dealkylation sites (tertiary alicyclic amines) is 1. The number of piperidine rings is 1. The maximum atomic E-state index is 11.1. The molecular formula is C12H21NO2. The van der Waals surface area contributed by atoms with E-state index in [1.165, 1.54) is 20.1 Å². The maximum absolute atomic E-state index is 11.1. The smallest absolute Gasteiger partial charge is 0.309 e. The van der Waals surface area contributed by atoms with Crippen LogP contribution in [0.15, 0.2) is 12.2 Å².